The molecule has 0 amide bonds. The lowest BCUT2D eigenvalue weighted by atomic mass is 10.2. The average Bonchev–Trinajstić information content (AvgIpc) is 2.96. The molecule has 1 aliphatic rings. The Hall–Kier alpha value is -0.660. The van der Waals surface area contributed by atoms with E-state index in [4.69, 9.17) is 0 Å². The fourth-order valence-corrected chi connectivity index (χ4v) is 3.54. The number of nitrogens with zero attached hydrogens (tertiary/aromatic N) is 2. The first-order valence-corrected chi connectivity index (χ1v) is 8.58. The molecular weight excluding hydrogens is 270 g/mol. The van der Waals surface area contributed by atoms with E-state index in [1.807, 2.05) is 5.38 Å². The lowest BCUT2D eigenvalue weighted by Gasteiger charge is -2.24. The Kier molecular flexibility index (Phi) is 4.24. The van der Waals surface area contributed by atoms with Crippen LogP contribution in [0.4, 0.5) is 5.13 Å². The van der Waals surface area contributed by atoms with Crippen molar-refractivity contribution in [1.29, 1.82) is 0 Å². The van der Waals surface area contributed by atoms with Gasteiger partial charge in [0.05, 0.1) is 5.25 Å². The van der Waals surface area contributed by atoms with Crippen molar-refractivity contribution < 1.29 is 8.42 Å². The Bertz CT molecular complexity index is 470. The van der Waals surface area contributed by atoms with Gasteiger partial charge in [0.15, 0.2) is 5.13 Å². The van der Waals surface area contributed by atoms with Gasteiger partial charge in [-0.3, -0.25) is 0 Å². The van der Waals surface area contributed by atoms with E-state index in [1.165, 1.54) is 0 Å². The highest BCUT2D eigenvalue weighted by Crippen LogP contribution is 2.26. The summed E-state index contributed by atoms with van der Waals surface area (Å²) in [4.78, 5) is 6.50. The first kappa shape index (κ1) is 13.8. The summed E-state index contributed by atoms with van der Waals surface area (Å²) in [5.74, 6) is 0. The fourth-order valence-electron chi connectivity index (χ4n) is 2.04. The summed E-state index contributed by atoms with van der Waals surface area (Å²) in [6.07, 6.45) is 3.89. The SMILES string of the molecule is CC(C)S(=O)(=O)NCC1CCCN1c1nccs1. The molecule has 0 radical (unpaired) electrons. The predicted molar refractivity (Wildman–Crippen MR) is 74.5 cm³/mol. The molecule has 2 rings (SSSR count). The average molecular weight is 289 g/mol. The van der Waals surface area contributed by atoms with E-state index in [1.54, 1.807) is 31.4 Å². The zero-order valence-corrected chi connectivity index (χ0v) is 12.3. The number of hydrogen-bond donors (Lipinski definition) is 1. The number of nitrogens with one attached hydrogen (secondary N) is 1. The van der Waals surface area contributed by atoms with E-state index < -0.39 is 10.0 Å². The Morgan fingerprint density at radius 3 is 3.00 bits per heavy atom. The number of sulfonamides is 1. The Balaban J connectivity index is 1.97. The Labute approximate surface area is 112 Å². The molecule has 1 saturated heterocycles. The summed E-state index contributed by atoms with van der Waals surface area (Å²) < 4.78 is 26.2. The molecule has 1 aromatic rings. The van der Waals surface area contributed by atoms with E-state index in [9.17, 15) is 8.42 Å². The van der Waals surface area contributed by atoms with E-state index in [2.05, 4.69) is 14.6 Å². The molecule has 1 unspecified atom stereocenters. The molecule has 5 nitrogen and oxygen atoms in total. The van der Waals surface area contributed by atoms with Gasteiger partial charge in [-0.05, 0) is 26.7 Å². The monoisotopic (exact) mass is 289 g/mol. The van der Waals surface area contributed by atoms with Crippen LogP contribution < -0.4 is 9.62 Å². The second kappa shape index (κ2) is 5.54. The van der Waals surface area contributed by atoms with Gasteiger partial charge in [0.2, 0.25) is 10.0 Å². The molecule has 1 aromatic heterocycles. The predicted octanol–water partition coefficient (Wildman–Crippen LogP) is 1.44. The maximum atomic E-state index is 11.7. The third kappa shape index (κ3) is 3.02. The van der Waals surface area contributed by atoms with E-state index in [-0.39, 0.29) is 11.3 Å². The Morgan fingerprint density at radius 2 is 2.39 bits per heavy atom. The number of thiazole rings is 1. The van der Waals surface area contributed by atoms with Crippen LogP contribution in [-0.2, 0) is 10.0 Å². The zero-order valence-electron chi connectivity index (χ0n) is 10.7. The maximum Gasteiger partial charge on any atom is 0.214 e. The summed E-state index contributed by atoms with van der Waals surface area (Å²) in [5, 5.41) is 2.55. The second-order valence-electron chi connectivity index (χ2n) is 4.75. The molecule has 1 fully saturated rings. The van der Waals surface area contributed by atoms with Crippen LogP contribution in [0.3, 0.4) is 0 Å². The summed E-state index contributed by atoms with van der Waals surface area (Å²) >= 11 is 1.60. The molecular formula is C11H19N3O2S2. The Morgan fingerprint density at radius 1 is 1.61 bits per heavy atom. The normalized spacial score (nSPS) is 20.8. The van der Waals surface area contributed by atoms with Crippen LogP contribution in [0.2, 0.25) is 0 Å². The molecule has 0 spiro atoms. The first-order valence-electron chi connectivity index (χ1n) is 6.15. The largest absolute Gasteiger partial charge is 0.344 e. The summed E-state index contributed by atoms with van der Waals surface area (Å²) in [6, 6.07) is 0.227. The third-order valence-electron chi connectivity index (χ3n) is 3.18. The molecule has 0 aliphatic carbocycles. The van der Waals surface area contributed by atoms with E-state index in [0.717, 1.165) is 24.5 Å². The number of rotatable bonds is 5. The molecule has 1 aliphatic heterocycles. The van der Waals surface area contributed by atoms with Crippen LogP contribution in [0.25, 0.3) is 0 Å². The van der Waals surface area contributed by atoms with Crippen molar-refractivity contribution in [2.75, 3.05) is 18.0 Å². The van der Waals surface area contributed by atoms with Gasteiger partial charge >= 0.3 is 0 Å². The van der Waals surface area contributed by atoms with Crippen LogP contribution in [0.15, 0.2) is 11.6 Å². The van der Waals surface area contributed by atoms with Crippen molar-refractivity contribution in [1.82, 2.24) is 9.71 Å². The molecule has 0 saturated carbocycles. The van der Waals surface area contributed by atoms with Crippen molar-refractivity contribution in [3.05, 3.63) is 11.6 Å². The van der Waals surface area contributed by atoms with Gasteiger partial charge in [0, 0.05) is 30.7 Å². The molecule has 18 heavy (non-hydrogen) atoms. The van der Waals surface area contributed by atoms with Crippen molar-refractivity contribution in [3.63, 3.8) is 0 Å². The van der Waals surface area contributed by atoms with Crippen molar-refractivity contribution >= 4 is 26.5 Å². The number of hydrogen-bond acceptors (Lipinski definition) is 5. The van der Waals surface area contributed by atoms with Crippen molar-refractivity contribution in [3.8, 4) is 0 Å². The molecule has 102 valence electrons. The van der Waals surface area contributed by atoms with Crippen molar-refractivity contribution in [2.24, 2.45) is 0 Å². The lowest BCUT2D eigenvalue weighted by Crippen LogP contribution is -2.42. The highest BCUT2D eigenvalue weighted by Gasteiger charge is 2.28. The van der Waals surface area contributed by atoms with Gasteiger partial charge in [-0.25, -0.2) is 18.1 Å². The van der Waals surface area contributed by atoms with Crippen LogP contribution in [-0.4, -0.2) is 37.8 Å². The quantitative estimate of drug-likeness (QED) is 0.891. The van der Waals surface area contributed by atoms with Crippen LogP contribution in [0.5, 0.6) is 0 Å². The molecule has 0 bridgehead atoms. The standard InChI is InChI=1S/C11H19N3O2S2/c1-9(2)18(15,16)13-8-10-4-3-6-14(10)11-12-5-7-17-11/h5,7,9-10,13H,3-4,6,8H2,1-2H3. The minimum absolute atomic E-state index is 0.227. The van der Waals surface area contributed by atoms with Gasteiger partial charge in [0.25, 0.3) is 0 Å². The lowest BCUT2D eigenvalue weighted by molar-refractivity contribution is 0.559. The molecule has 1 N–H and O–H groups in total. The van der Waals surface area contributed by atoms with Crippen LogP contribution in [0.1, 0.15) is 26.7 Å². The smallest absolute Gasteiger partial charge is 0.214 e. The van der Waals surface area contributed by atoms with E-state index >= 15 is 0 Å². The molecule has 0 aromatic carbocycles. The van der Waals surface area contributed by atoms with Gasteiger partial charge in [-0.15, -0.1) is 11.3 Å². The van der Waals surface area contributed by atoms with Gasteiger partial charge < -0.3 is 4.90 Å². The first-order chi connectivity index (χ1) is 8.50. The number of aromatic nitrogens is 1. The second-order valence-corrected chi connectivity index (χ2v) is 7.94. The third-order valence-corrected chi connectivity index (χ3v) is 5.80. The summed E-state index contributed by atoms with van der Waals surface area (Å²) in [7, 11) is -3.17. The van der Waals surface area contributed by atoms with E-state index in [0.29, 0.717) is 6.54 Å². The summed E-state index contributed by atoms with van der Waals surface area (Å²) in [6.45, 7) is 4.81. The minimum atomic E-state index is -3.17. The van der Waals surface area contributed by atoms with Crippen LogP contribution >= 0.6 is 11.3 Å². The maximum absolute atomic E-state index is 11.7. The summed E-state index contributed by atoms with van der Waals surface area (Å²) in [5.41, 5.74) is 0. The molecule has 1 atom stereocenters. The minimum Gasteiger partial charge on any atom is -0.344 e. The van der Waals surface area contributed by atoms with Gasteiger partial charge in [0.1, 0.15) is 0 Å². The van der Waals surface area contributed by atoms with Crippen LogP contribution in [0, 0.1) is 0 Å². The fraction of sp³-hybridized carbons (Fsp3) is 0.727. The molecule has 2 heterocycles. The zero-order chi connectivity index (χ0) is 13.2. The number of anilines is 1. The highest BCUT2D eigenvalue weighted by molar-refractivity contribution is 7.90. The highest BCUT2D eigenvalue weighted by atomic mass is 32.2. The molecule has 7 heteroatoms. The topological polar surface area (TPSA) is 62.3 Å². The van der Waals surface area contributed by atoms with Crippen molar-refractivity contribution in [2.45, 2.75) is 38.0 Å². The van der Waals surface area contributed by atoms with Gasteiger partial charge in [-0.2, -0.15) is 0 Å². The van der Waals surface area contributed by atoms with Gasteiger partial charge in [-0.1, -0.05) is 0 Å².